The van der Waals surface area contributed by atoms with Crippen LogP contribution in [0.25, 0.3) is 0 Å². The third kappa shape index (κ3) is 3.98. The van der Waals surface area contributed by atoms with Crippen LogP contribution in [-0.4, -0.2) is 36.1 Å². The van der Waals surface area contributed by atoms with Crippen LogP contribution in [0.2, 0.25) is 0 Å². The molecule has 0 aromatic rings. The minimum atomic E-state index is 0.441. The van der Waals surface area contributed by atoms with Gasteiger partial charge in [0.05, 0.1) is 0 Å². The second-order valence-electron chi connectivity index (χ2n) is 7.12. The summed E-state index contributed by atoms with van der Waals surface area (Å²) in [6, 6.07) is 0.789. The summed E-state index contributed by atoms with van der Waals surface area (Å²) in [5.74, 6) is 0.990. The van der Waals surface area contributed by atoms with Gasteiger partial charge in [-0.25, -0.2) is 0 Å². The van der Waals surface area contributed by atoms with Gasteiger partial charge in [-0.2, -0.15) is 0 Å². The number of nitrogens with zero attached hydrogens (tertiary/aromatic N) is 1. The molecule has 2 nitrogen and oxygen atoms in total. The summed E-state index contributed by atoms with van der Waals surface area (Å²) in [4.78, 5) is 2.86. The number of nitrogens with one attached hydrogen (secondary N) is 1. The van der Waals surface area contributed by atoms with Gasteiger partial charge in [0.2, 0.25) is 0 Å². The van der Waals surface area contributed by atoms with Gasteiger partial charge in [-0.3, -0.25) is 4.90 Å². The molecule has 1 aliphatic heterocycles. The Hall–Kier alpha value is -0.0800. The zero-order valence-electron chi connectivity index (χ0n) is 14.1. The zero-order valence-corrected chi connectivity index (χ0v) is 14.1. The molecule has 2 aliphatic rings. The smallest absolute Gasteiger partial charge is 0.0329 e. The first-order chi connectivity index (χ1) is 9.75. The third-order valence-corrected chi connectivity index (χ3v) is 5.82. The van der Waals surface area contributed by atoms with E-state index >= 15 is 0 Å². The molecule has 0 aromatic carbocycles. The fraction of sp³-hybridized carbons (Fsp3) is 1.00. The first-order valence-corrected chi connectivity index (χ1v) is 9.24. The van der Waals surface area contributed by atoms with E-state index in [0.29, 0.717) is 5.54 Å². The van der Waals surface area contributed by atoms with Crippen LogP contribution in [0.4, 0.5) is 0 Å². The van der Waals surface area contributed by atoms with E-state index in [9.17, 15) is 0 Å². The average molecular weight is 281 g/mol. The summed E-state index contributed by atoms with van der Waals surface area (Å²) < 4.78 is 0. The standard InChI is InChI=1S/C18H36N2/c1-4-7-8-9-10-13-20-14-17(16-11-12-16)19-15-18(20,5-2)6-3/h16-17,19H,4-15H2,1-3H3. The van der Waals surface area contributed by atoms with E-state index in [1.807, 2.05) is 0 Å². The minimum absolute atomic E-state index is 0.441. The molecule has 0 aromatic heterocycles. The van der Waals surface area contributed by atoms with Crippen LogP contribution in [0.15, 0.2) is 0 Å². The molecule has 0 spiro atoms. The van der Waals surface area contributed by atoms with Gasteiger partial charge in [-0.05, 0) is 44.6 Å². The maximum atomic E-state index is 3.87. The van der Waals surface area contributed by atoms with Crippen molar-refractivity contribution >= 4 is 0 Å². The SMILES string of the molecule is CCCCCCCN1CC(C2CC2)NCC1(CC)CC. The molecule has 118 valence electrons. The van der Waals surface area contributed by atoms with Crippen LogP contribution in [0.1, 0.15) is 78.6 Å². The summed E-state index contributed by atoms with van der Waals surface area (Å²) in [6.45, 7) is 10.9. The van der Waals surface area contributed by atoms with Crippen LogP contribution in [-0.2, 0) is 0 Å². The Labute approximate surface area is 126 Å². The lowest BCUT2D eigenvalue weighted by molar-refractivity contribution is 0.0258. The summed E-state index contributed by atoms with van der Waals surface area (Å²) in [5, 5.41) is 3.87. The van der Waals surface area contributed by atoms with Crippen molar-refractivity contribution in [1.82, 2.24) is 10.2 Å². The predicted molar refractivity (Wildman–Crippen MR) is 88.2 cm³/mol. The van der Waals surface area contributed by atoms with E-state index in [1.165, 1.54) is 77.4 Å². The molecule has 1 heterocycles. The van der Waals surface area contributed by atoms with Crippen molar-refractivity contribution in [2.45, 2.75) is 90.1 Å². The lowest BCUT2D eigenvalue weighted by atomic mass is 9.86. The van der Waals surface area contributed by atoms with E-state index in [4.69, 9.17) is 0 Å². The minimum Gasteiger partial charge on any atom is -0.311 e. The molecule has 1 saturated carbocycles. The van der Waals surface area contributed by atoms with E-state index in [0.717, 1.165) is 12.0 Å². The monoisotopic (exact) mass is 280 g/mol. The Morgan fingerprint density at radius 1 is 1.00 bits per heavy atom. The van der Waals surface area contributed by atoms with Crippen molar-refractivity contribution in [3.8, 4) is 0 Å². The molecule has 2 rings (SSSR count). The predicted octanol–water partition coefficient (Wildman–Crippen LogP) is 4.20. The van der Waals surface area contributed by atoms with Crippen LogP contribution >= 0.6 is 0 Å². The first kappa shape index (κ1) is 16.3. The largest absolute Gasteiger partial charge is 0.311 e. The number of unbranched alkanes of at least 4 members (excludes halogenated alkanes) is 4. The molecular formula is C18H36N2. The molecule has 0 bridgehead atoms. The lowest BCUT2D eigenvalue weighted by Gasteiger charge is -2.50. The number of hydrogen-bond donors (Lipinski definition) is 1. The highest BCUT2D eigenvalue weighted by Gasteiger charge is 2.42. The van der Waals surface area contributed by atoms with Crippen molar-refractivity contribution in [1.29, 1.82) is 0 Å². The maximum Gasteiger partial charge on any atom is 0.0329 e. The van der Waals surface area contributed by atoms with Crippen molar-refractivity contribution < 1.29 is 0 Å². The van der Waals surface area contributed by atoms with E-state index in [2.05, 4.69) is 31.0 Å². The summed E-state index contributed by atoms with van der Waals surface area (Å²) in [7, 11) is 0. The molecule has 2 heteroatoms. The van der Waals surface area contributed by atoms with Gasteiger partial charge in [0.25, 0.3) is 0 Å². The Kier molecular flexibility index (Phi) is 6.35. The highest BCUT2D eigenvalue weighted by Crippen LogP contribution is 2.37. The lowest BCUT2D eigenvalue weighted by Crippen LogP contribution is -2.64. The van der Waals surface area contributed by atoms with Crippen LogP contribution in [0, 0.1) is 5.92 Å². The van der Waals surface area contributed by atoms with Gasteiger partial charge >= 0.3 is 0 Å². The van der Waals surface area contributed by atoms with Gasteiger partial charge in [-0.1, -0.05) is 46.5 Å². The van der Waals surface area contributed by atoms with E-state index < -0.39 is 0 Å². The molecule has 0 amide bonds. The average Bonchev–Trinajstić information content (AvgIpc) is 3.32. The molecule has 1 N–H and O–H groups in total. The van der Waals surface area contributed by atoms with Gasteiger partial charge in [0, 0.05) is 24.7 Å². The Morgan fingerprint density at radius 3 is 2.30 bits per heavy atom. The van der Waals surface area contributed by atoms with Crippen molar-refractivity contribution in [2.24, 2.45) is 5.92 Å². The van der Waals surface area contributed by atoms with E-state index in [-0.39, 0.29) is 0 Å². The zero-order chi connectivity index (χ0) is 14.4. The maximum absolute atomic E-state index is 3.87. The molecule has 20 heavy (non-hydrogen) atoms. The summed E-state index contributed by atoms with van der Waals surface area (Å²) >= 11 is 0. The summed E-state index contributed by atoms with van der Waals surface area (Å²) in [5.41, 5.74) is 0.441. The van der Waals surface area contributed by atoms with Crippen molar-refractivity contribution in [2.75, 3.05) is 19.6 Å². The quantitative estimate of drug-likeness (QED) is 0.637. The highest BCUT2D eigenvalue weighted by atomic mass is 15.3. The molecular weight excluding hydrogens is 244 g/mol. The first-order valence-electron chi connectivity index (χ1n) is 9.24. The number of piperazine rings is 1. The Balaban J connectivity index is 1.84. The number of hydrogen-bond acceptors (Lipinski definition) is 2. The van der Waals surface area contributed by atoms with Gasteiger partial charge in [0.1, 0.15) is 0 Å². The van der Waals surface area contributed by atoms with Gasteiger partial charge in [0.15, 0.2) is 0 Å². The molecule has 1 atom stereocenters. The van der Waals surface area contributed by atoms with Crippen molar-refractivity contribution in [3.05, 3.63) is 0 Å². The fourth-order valence-electron chi connectivity index (χ4n) is 3.92. The van der Waals surface area contributed by atoms with Crippen LogP contribution < -0.4 is 5.32 Å². The number of rotatable bonds is 9. The topological polar surface area (TPSA) is 15.3 Å². The fourth-order valence-corrected chi connectivity index (χ4v) is 3.92. The normalized spacial score (nSPS) is 26.9. The molecule has 0 radical (unpaired) electrons. The molecule has 1 unspecified atom stereocenters. The molecule has 2 fully saturated rings. The van der Waals surface area contributed by atoms with Crippen LogP contribution in [0.3, 0.4) is 0 Å². The third-order valence-electron chi connectivity index (χ3n) is 5.82. The highest BCUT2D eigenvalue weighted by molar-refractivity contribution is 5.01. The molecule has 1 saturated heterocycles. The Bertz CT molecular complexity index is 269. The van der Waals surface area contributed by atoms with E-state index in [1.54, 1.807) is 0 Å². The van der Waals surface area contributed by atoms with Crippen molar-refractivity contribution in [3.63, 3.8) is 0 Å². The Morgan fingerprint density at radius 2 is 1.70 bits per heavy atom. The van der Waals surface area contributed by atoms with Crippen LogP contribution in [0.5, 0.6) is 0 Å². The second-order valence-corrected chi connectivity index (χ2v) is 7.12. The molecule has 1 aliphatic carbocycles. The second kappa shape index (κ2) is 7.79. The van der Waals surface area contributed by atoms with Gasteiger partial charge < -0.3 is 5.32 Å². The van der Waals surface area contributed by atoms with Gasteiger partial charge in [-0.15, -0.1) is 0 Å². The summed E-state index contributed by atoms with van der Waals surface area (Å²) in [6.07, 6.45) is 12.5.